The van der Waals surface area contributed by atoms with Crippen molar-refractivity contribution in [3.63, 3.8) is 0 Å². The summed E-state index contributed by atoms with van der Waals surface area (Å²) in [5.41, 5.74) is 3.30. The standard InChI is InChI=1S/C22H26N3O5PS3/c1-4-29-31(26,30-5-2)15-20-21(9-11-32-20)34(27,28)25(3)19-8-6-7-16-13-18(24-14-17(16)19)22-23-10-12-33-22/h6-13,24H,4-5,14-15H2,1-3H3. The van der Waals surface area contributed by atoms with Crippen LogP contribution < -0.4 is 9.62 Å². The van der Waals surface area contributed by atoms with Gasteiger partial charge in [0.05, 0.1) is 30.8 Å². The van der Waals surface area contributed by atoms with Gasteiger partial charge in [0.2, 0.25) is 0 Å². The maximum absolute atomic E-state index is 13.7. The minimum atomic E-state index is -3.92. The maximum Gasteiger partial charge on any atom is 0.335 e. The molecular formula is C22H26N3O5PS3. The zero-order valence-electron chi connectivity index (χ0n) is 19.1. The molecule has 12 heteroatoms. The van der Waals surface area contributed by atoms with E-state index in [1.165, 1.54) is 34.0 Å². The number of hydrogen-bond acceptors (Lipinski definition) is 9. The van der Waals surface area contributed by atoms with E-state index in [0.717, 1.165) is 21.8 Å². The van der Waals surface area contributed by atoms with E-state index in [1.807, 2.05) is 23.6 Å². The molecule has 0 saturated carbocycles. The molecule has 3 aromatic rings. The highest BCUT2D eigenvalue weighted by Crippen LogP contribution is 2.53. The molecule has 1 aliphatic rings. The van der Waals surface area contributed by atoms with Crippen LogP contribution in [0.15, 0.2) is 46.1 Å². The monoisotopic (exact) mass is 539 g/mol. The second-order valence-corrected chi connectivity index (χ2v) is 13.3. The smallest absolute Gasteiger partial charge is 0.335 e. The summed E-state index contributed by atoms with van der Waals surface area (Å²) < 4.78 is 52.4. The number of hydrogen-bond donors (Lipinski definition) is 1. The van der Waals surface area contributed by atoms with Gasteiger partial charge in [-0.25, -0.2) is 13.4 Å². The predicted molar refractivity (Wildman–Crippen MR) is 138 cm³/mol. The Morgan fingerprint density at radius 1 is 1.15 bits per heavy atom. The van der Waals surface area contributed by atoms with Crippen LogP contribution in [0, 0.1) is 0 Å². The van der Waals surface area contributed by atoms with Gasteiger partial charge in [-0.1, -0.05) is 12.1 Å². The molecule has 4 rings (SSSR count). The third-order valence-corrected chi connectivity index (χ3v) is 11.2. The van der Waals surface area contributed by atoms with Crippen LogP contribution in [0.3, 0.4) is 0 Å². The van der Waals surface area contributed by atoms with Crippen molar-refractivity contribution in [2.45, 2.75) is 31.4 Å². The van der Waals surface area contributed by atoms with Gasteiger partial charge in [0, 0.05) is 35.6 Å². The van der Waals surface area contributed by atoms with Crippen LogP contribution in [0.1, 0.15) is 34.9 Å². The topological polar surface area (TPSA) is 97.8 Å². The largest absolute Gasteiger partial charge is 0.378 e. The molecule has 0 radical (unpaired) electrons. The molecular weight excluding hydrogens is 513 g/mol. The van der Waals surface area contributed by atoms with Gasteiger partial charge >= 0.3 is 7.60 Å². The number of thiazole rings is 1. The number of rotatable bonds is 10. The lowest BCUT2D eigenvalue weighted by atomic mass is 10.0. The number of thiophene rings is 1. The highest BCUT2D eigenvalue weighted by atomic mass is 32.2. The van der Waals surface area contributed by atoms with Gasteiger partial charge in [-0.15, -0.1) is 22.7 Å². The van der Waals surface area contributed by atoms with E-state index in [2.05, 4.69) is 10.3 Å². The minimum absolute atomic E-state index is 0.0941. The number of sulfonamides is 1. The van der Waals surface area contributed by atoms with Gasteiger partial charge in [-0.05, 0) is 43.0 Å². The first-order valence-corrected chi connectivity index (χ1v) is 15.6. The second-order valence-electron chi connectivity index (χ2n) is 7.38. The van der Waals surface area contributed by atoms with E-state index in [-0.39, 0.29) is 24.3 Å². The minimum Gasteiger partial charge on any atom is -0.378 e. The Morgan fingerprint density at radius 3 is 2.59 bits per heavy atom. The number of nitrogens with one attached hydrogen (secondary N) is 1. The van der Waals surface area contributed by atoms with Crippen molar-refractivity contribution in [3.05, 3.63) is 62.2 Å². The fourth-order valence-electron chi connectivity index (χ4n) is 3.75. The highest BCUT2D eigenvalue weighted by molar-refractivity contribution is 7.93. The van der Waals surface area contributed by atoms with Gasteiger partial charge in [0.1, 0.15) is 9.90 Å². The van der Waals surface area contributed by atoms with Crippen molar-refractivity contribution in [1.29, 1.82) is 0 Å². The summed E-state index contributed by atoms with van der Waals surface area (Å²) in [6.07, 6.45) is 3.64. The van der Waals surface area contributed by atoms with Crippen LogP contribution in [0.25, 0.3) is 11.8 Å². The van der Waals surface area contributed by atoms with Crippen molar-refractivity contribution in [2.75, 3.05) is 24.6 Å². The van der Waals surface area contributed by atoms with Gasteiger partial charge in [-0.2, -0.15) is 0 Å². The summed E-state index contributed by atoms with van der Waals surface area (Å²) in [5.74, 6) is 0. The molecule has 1 aromatic carbocycles. The average molecular weight is 540 g/mol. The summed E-state index contributed by atoms with van der Waals surface area (Å²) in [4.78, 5) is 4.91. The third kappa shape index (κ3) is 5.00. The Labute approximate surface area is 207 Å². The van der Waals surface area contributed by atoms with Crippen LogP contribution in [0.5, 0.6) is 0 Å². The molecule has 34 heavy (non-hydrogen) atoms. The first-order chi connectivity index (χ1) is 16.3. The summed E-state index contributed by atoms with van der Waals surface area (Å²) in [6.45, 7) is 4.35. The van der Waals surface area contributed by atoms with Crippen molar-refractivity contribution < 1.29 is 22.0 Å². The molecule has 0 spiro atoms. The van der Waals surface area contributed by atoms with Crippen LogP contribution in [0.2, 0.25) is 0 Å². The predicted octanol–water partition coefficient (Wildman–Crippen LogP) is 5.40. The van der Waals surface area contributed by atoms with Crippen LogP contribution in [-0.2, 0) is 36.3 Å². The fraction of sp³-hybridized carbons (Fsp3) is 0.318. The van der Waals surface area contributed by atoms with E-state index in [1.54, 1.807) is 37.6 Å². The normalized spacial score (nSPS) is 13.8. The van der Waals surface area contributed by atoms with Gasteiger partial charge < -0.3 is 14.4 Å². The molecule has 182 valence electrons. The molecule has 0 amide bonds. The first kappa shape index (κ1) is 25.1. The molecule has 3 heterocycles. The Balaban J connectivity index is 1.67. The Morgan fingerprint density at radius 2 is 1.91 bits per heavy atom. The van der Waals surface area contributed by atoms with Crippen LogP contribution >= 0.6 is 30.3 Å². The molecule has 0 saturated heterocycles. The Kier molecular flexibility index (Phi) is 7.61. The fourth-order valence-corrected chi connectivity index (χ4v) is 9.25. The van der Waals surface area contributed by atoms with Gasteiger partial charge in [0.15, 0.2) is 0 Å². The summed E-state index contributed by atoms with van der Waals surface area (Å²) in [5, 5.41) is 7.83. The number of benzene rings is 1. The van der Waals surface area contributed by atoms with E-state index in [9.17, 15) is 13.0 Å². The molecule has 0 atom stereocenters. The lowest BCUT2D eigenvalue weighted by Gasteiger charge is -2.26. The molecule has 0 fully saturated rings. The summed E-state index contributed by atoms with van der Waals surface area (Å²) >= 11 is 2.77. The Hall–Kier alpha value is -2.01. The zero-order chi connectivity index (χ0) is 24.3. The van der Waals surface area contributed by atoms with Crippen LogP contribution in [-0.4, -0.2) is 33.7 Å². The van der Waals surface area contributed by atoms with Crippen molar-refractivity contribution in [3.8, 4) is 0 Å². The molecule has 1 N–H and O–H groups in total. The number of anilines is 1. The molecule has 0 aliphatic carbocycles. The highest BCUT2D eigenvalue weighted by Gasteiger charge is 2.32. The summed E-state index contributed by atoms with van der Waals surface area (Å²) in [6, 6.07) is 7.14. The molecule has 1 aliphatic heterocycles. The van der Waals surface area contributed by atoms with Gasteiger partial charge in [-0.3, -0.25) is 8.87 Å². The maximum atomic E-state index is 13.7. The molecule has 0 bridgehead atoms. The average Bonchev–Trinajstić information content (AvgIpc) is 3.50. The molecule has 8 nitrogen and oxygen atoms in total. The van der Waals surface area contributed by atoms with Crippen molar-refractivity contribution in [1.82, 2.24) is 10.3 Å². The second kappa shape index (κ2) is 10.3. The lowest BCUT2D eigenvalue weighted by Crippen LogP contribution is -2.29. The quantitative estimate of drug-likeness (QED) is 0.345. The number of nitrogens with zero attached hydrogens (tertiary/aromatic N) is 2. The molecule has 2 aromatic heterocycles. The lowest BCUT2D eigenvalue weighted by molar-refractivity contribution is 0.219. The third-order valence-electron chi connectivity index (χ3n) is 5.28. The molecule has 0 unspecified atom stereocenters. The summed E-state index contributed by atoms with van der Waals surface area (Å²) in [7, 11) is -5.83. The van der Waals surface area contributed by atoms with E-state index in [0.29, 0.717) is 17.1 Å². The zero-order valence-corrected chi connectivity index (χ0v) is 22.4. The van der Waals surface area contributed by atoms with Crippen molar-refractivity contribution in [2.24, 2.45) is 0 Å². The number of aromatic nitrogens is 1. The van der Waals surface area contributed by atoms with E-state index >= 15 is 0 Å². The first-order valence-electron chi connectivity index (χ1n) is 10.7. The Bertz CT molecular complexity index is 1330. The SMILES string of the molecule is CCOP(=O)(Cc1sccc1S(=O)(=O)N(C)c1cccc2c1CNC(c1nccs1)=C2)OCC. The van der Waals surface area contributed by atoms with E-state index in [4.69, 9.17) is 9.05 Å². The van der Waals surface area contributed by atoms with Crippen LogP contribution in [0.4, 0.5) is 5.69 Å². The van der Waals surface area contributed by atoms with Crippen molar-refractivity contribution >= 4 is 57.8 Å². The van der Waals surface area contributed by atoms with E-state index < -0.39 is 17.6 Å². The number of fused-ring (bicyclic) bond motifs is 1. The van der Waals surface area contributed by atoms with Gasteiger partial charge in [0.25, 0.3) is 10.0 Å².